The molecule has 1 N–H and O–H groups in total. The van der Waals surface area contributed by atoms with Crippen LogP contribution in [-0.2, 0) is 4.79 Å². The second-order valence-corrected chi connectivity index (χ2v) is 10.2. The summed E-state index contributed by atoms with van der Waals surface area (Å²) in [6.07, 6.45) is 0.528. The fraction of sp³-hybridized carbons (Fsp3) is 0.538. The number of benzene rings is 1. The number of halogens is 3. The first-order valence-corrected chi connectivity index (χ1v) is 11.4. The molecule has 0 spiro atoms. The average molecular weight is 444 g/mol. The number of carbonyl (C=O) groups excluding carboxylic acids is 2. The standard InChI is InChI=1S/C26H27F3O3/c1-24-13-21(16-4-2-15(14-30)3-5-16)23-19-9-7-18(31)12-17(19)6-8-20(23)22(24)10-11-25(24,32)26(27,28)29/h2-5,12,14,20-22,32H,6-11,13H2,1H3/t20-,21+,22-,24-,25-/m0/s1. The van der Waals surface area contributed by atoms with E-state index in [4.69, 9.17) is 0 Å². The molecule has 0 radical (unpaired) electrons. The number of carbonyl (C=O) groups is 2. The van der Waals surface area contributed by atoms with Gasteiger partial charge in [-0.15, -0.1) is 0 Å². The van der Waals surface area contributed by atoms with Crippen molar-refractivity contribution in [3.8, 4) is 0 Å². The van der Waals surface area contributed by atoms with Crippen molar-refractivity contribution in [1.82, 2.24) is 0 Å². The van der Waals surface area contributed by atoms with Crippen molar-refractivity contribution in [1.29, 1.82) is 0 Å². The highest BCUT2D eigenvalue weighted by atomic mass is 19.4. The predicted octanol–water partition coefficient (Wildman–Crippen LogP) is 5.69. The Kier molecular flexibility index (Phi) is 4.83. The van der Waals surface area contributed by atoms with E-state index in [9.17, 15) is 27.9 Å². The molecule has 1 aromatic carbocycles. The van der Waals surface area contributed by atoms with Crippen LogP contribution in [0.5, 0.6) is 0 Å². The third kappa shape index (κ3) is 2.91. The third-order valence-electron chi connectivity index (χ3n) is 8.83. The second kappa shape index (κ2) is 7.14. The number of hydrogen-bond donors (Lipinski definition) is 1. The highest BCUT2D eigenvalue weighted by Gasteiger charge is 2.72. The van der Waals surface area contributed by atoms with Crippen molar-refractivity contribution in [2.75, 3.05) is 0 Å². The van der Waals surface area contributed by atoms with Crippen molar-refractivity contribution in [2.45, 2.75) is 69.6 Å². The van der Waals surface area contributed by atoms with Crippen molar-refractivity contribution in [2.24, 2.45) is 17.3 Å². The lowest BCUT2D eigenvalue weighted by Gasteiger charge is -2.55. The molecule has 3 nitrogen and oxygen atoms in total. The normalized spacial score (nSPS) is 36.8. The molecule has 32 heavy (non-hydrogen) atoms. The number of alkyl halides is 3. The Labute approximate surface area is 185 Å². The van der Waals surface area contributed by atoms with Crippen molar-refractivity contribution >= 4 is 12.1 Å². The number of allylic oxidation sites excluding steroid dienone is 4. The minimum Gasteiger partial charge on any atom is -0.380 e. The summed E-state index contributed by atoms with van der Waals surface area (Å²) in [6, 6.07) is 7.06. The molecule has 170 valence electrons. The smallest absolute Gasteiger partial charge is 0.380 e. The minimum absolute atomic E-state index is 0.0405. The average Bonchev–Trinajstić information content (AvgIpc) is 3.04. The third-order valence-corrected chi connectivity index (χ3v) is 8.83. The van der Waals surface area contributed by atoms with Gasteiger partial charge in [0.25, 0.3) is 0 Å². The predicted molar refractivity (Wildman–Crippen MR) is 113 cm³/mol. The summed E-state index contributed by atoms with van der Waals surface area (Å²) in [4.78, 5) is 23.2. The highest BCUT2D eigenvalue weighted by Crippen LogP contribution is 2.69. The first-order valence-electron chi connectivity index (χ1n) is 11.4. The van der Waals surface area contributed by atoms with Crippen LogP contribution in [0.4, 0.5) is 13.2 Å². The van der Waals surface area contributed by atoms with Gasteiger partial charge in [0.05, 0.1) is 0 Å². The quantitative estimate of drug-likeness (QED) is 0.596. The fourth-order valence-electron chi connectivity index (χ4n) is 7.24. The summed E-state index contributed by atoms with van der Waals surface area (Å²) in [7, 11) is 0. The molecule has 0 aromatic heterocycles. The second-order valence-electron chi connectivity index (χ2n) is 10.2. The molecule has 0 aliphatic heterocycles. The maximum atomic E-state index is 14.2. The molecule has 2 saturated carbocycles. The van der Waals surface area contributed by atoms with Crippen molar-refractivity contribution in [3.63, 3.8) is 0 Å². The molecule has 4 aliphatic rings. The lowest BCUT2D eigenvalue weighted by Crippen LogP contribution is -2.58. The number of aldehydes is 1. The summed E-state index contributed by atoms with van der Waals surface area (Å²) >= 11 is 0. The van der Waals surface area contributed by atoms with E-state index in [0.29, 0.717) is 37.7 Å². The largest absolute Gasteiger partial charge is 0.417 e. The monoisotopic (exact) mass is 444 g/mol. The summed E-state index contributed by atoms with van der Waals surface area (Å²) in [5.74, 6) is -0.453. The van der Waals surface area contributed by atoms with Gasteiger partial charge in [-0.1, -0.05) is 36.8 Å². The fourth-order valence-corrected chi connectivity index (χ4v) is 7.24. The Hall–Kier alpha value is -2.21. The van der Waals surface area contributed by atoms with E-state index in [1.165, 1.54) is 5.57 Å². The Morgan fingerprint density at radius 2 is 1.81 bits per heavy atom. The maximum Gasteiger partial charge on any atom is 0.417 e. The van der Waals surface area contributed by atoms with Crippen LogP contribution in [-0.4, -0.2) is 29.0 Å². The van der Waals surface area contributed by atoms with E-state index >= 15 is 0 Å². The Balaban J connectivity index is 1.69. The van der Waals surface area contributed by atoms with Gasteiger partial charge in [-0.2, -0.15) is 13.2 Å². The molecular weight excluding hydrogens is 417 g/mol. The van der Waals surface area contributed by atoms with E-state index in [1.807, 2.05) is 12.1 Å². The van der Waals surface area contributed by atoms with Crippen LogP contribution in [0.1, 0.15) is 73.7 Å². The van der Waals surface area contributed by atoms with Gasteiger partial charge in [0.15, 0.2) is 11.4 Å². The summed E-state index contributed by atoms with van der Waals surface area (Å²) in [5, 5.41) is 11.0. The van der Waals surface area contributed by atoms with E-state index in [2.05, 4.69) is 0 Å². The van der Waals surface area contributed by atoms with Crippen LogP contribution in [0.15, 0.2) is 47.1 Å². The minimum atomic E-state index is -4.69. The molecule has 0 unspecified atom stereocenters. The van der Waals surface area contributed by atoms with E-state index in [-0.39, 0.29) is 36.4 Å². The molecule has 1 aromatic rings. The van der Waals surface area contributed by atoms with Gasteiger partial charge >= 0.3 is 6.18 Å². The van der Waals surface area contributed by atoms with Crippen LogP contribution in [0.25, 0.3) is 0 Å². The zero-order chi connectivity index (χ0) is 22.9. The number of fused-ring (bicyclic) bond motifs is 4. The van der Waals surface area contributed by atoms with Crippen LogP contribution < -0.4 is 0 Å². The topological polar surface area (TPSA) is 54.4 Å². The first kappa shape index (κ1) is 21.6. The zero-order valence-electron chi connectivity index (χ0n) is 18.0. The number of aliphatic hydroxyl groups is 1. The maximum absolute atomic E-state index is 14.2. The molecule has 0 amide bonds. The molecule has 0 heterocycles. The Bertz CT molecular complexity index is 1040. The van der Waals surface area contributed by atoms with E-state index in [1.54, 1.807) is 25.1 Å². The molecule has 5 atom stereocenters. The number of hydrogen-bond acceptors (Lipinski definition) is 3. The van der Waals surface area contributed by atoms with E-state index in [0.717, 1.165) is 23.0 Å². The van der Waals surface area contributed by atoms with E-state index < -0.39 is 17.2 Å². The van der Waals surface area contributed by atoms with Crippen LogP contribution in [0.3, 0.4) is 0 Å². The number of ketones is 1. The van der Waals surface area contributed by atoms with Crippen LogP contribution in [0.2, 0.25) is 0 Å². The van der Waals surface area contributed by atoms with Gasteiger partial charge in [0, 0.05) is 23.3 Å². The molecule has 0 saturated heterocycles. The molecule has 4 aliphatic carbocycles. The highest BCUT2D eigenvalue weighted by molar-refractivity contribution is 5.93. The lowest BCUT2D eigenvalue weighted by atomic mass is 9.51. The van der Waals surface area contributed by atoms with Crippen LogP contribution >= 0.6 is 0 Å². The zero-order valence-corrected chi connectivity index (χ0v) is 18.0. The summed E-state index contributed by atoms with van der Waals surface area (Å²) in [5.41, 5.74) is 0.743. The molecule has 6 heteroatoms. The SMILES string of the molecule is C[C@]12C[C@H](c3ccc(C=O)cc3)C3=C4CCC(=O)C=C4CC[C@H]3[C@@H]1CC[C@@]2(O)C(F)(F)F. The van der Waals surface area contributed by atoms with Gasteiger partial charge in [-0.3, -0.25) is 9.59 Å². The van der Waals surface area contributed by atoms with Crippen LogP contribution in [0, 0.1) is 17.3 Å². The van der Waals surface area contributed by atoms with Gasteiger partial charge in [-0.25, -0.2) is 0 Å². The molecule has 5 rings (SSSR count). The van der Waals surface area contributed by atoms with Crippen molar-refractivity contribution in [3.05, 3.63) is 58.2 Å². The van der Waals surface area contributed by atoms with Gasteiger partial charge in [0.2, 0.25) is 0 Å². The summed E-state index contributed by atoms with van der Waals surface area (Å²) < 4.78 is 42.5. The number of rotatable bonds is 2. The Morgan fingerprint density at radius 1 is 1.09 bits per heavy atom. The molecule has 2 fully saturated rings. The summed E-state index contributed by atoms with van der Waals surface area (Å²) in [6.45, 7) is 1.63. The van der Waals surface area contributed by atoms with Crippen molar-refractivity contribution < 1.29 is 27.9 Å². The first-order chi connectivity index (χ1) is 15.1. The van der Waals surface area contributed by atoms with Gasteiger partial charge in [0.1, 0.15) is 6.29 Å². The Morgan fingerprint density at radius 3 is 2.47 bits per heavy atom. The van der Waals surface area contributed by atoms with Gasteiger partial charge < -0.3 is 5.11 Å². The lowest BCUT2D eigenvalue weighted by molar-refractivity contribution is -0.299. The molecular formula is C26H27F3O3. The van der Waals surface area contributed by atoms with Gasteiger partial charge in [-0.05, 0) is 73.1 Å². The molecule has 0 bridgehead atoms.